The summed E-state index contributed by atoms with van der Waals surface area (Å²) in [4.78, 5) is 10.3. The Morgan fingerprint density at radius 1 is 0.538 bits per heavy atom. The molecule has 5 aromatic carbocycles. The number of hydrogen-bond acceptors (Lipinski definition) is 3. The third-order valence-corrected chi connectivity index (χ3v) is 7.78. The number of aromatic nitrogens is 4. The molecule has 0 unspecified atom stereocenters. The van der Waals surface area contributed by atoms with Crippen LogP contribution in [-0.4, -0.2) is 19.1 Å². The van der Waals surface area contributed by atoms with E-state index in [1.54, 1.807) is 0 Å². The van der Waals surface area contributed by atoms with E-state index in [0.29, 0.717) is 5.95 Å². The molecule has 1 aliphatic rings. The van der Waals surface area contributed by atoms with Gasteiger partial charge < -0.3 is 9.30 Å². The second kappa shape index (κ2) is 7.55. The van der Waals surface area contributed by atoms with Crippen LogP contribution in [0.2, 0.25) is 0 Å². The molecule has 39 heavy (non-hydrogen) atoms. The summed E-state index contributed by atoms with van der Waals surface area (Å²) in [6, 6.07) is 39.7. The largest absolute Gasteiger partial charge is 0.456 e. The van der Waals surface area contributed by atoms with Gasteiger partial charge in [0.05, 0.1) is 33.1 Å². The van der Waals surface area contributed by atoms with Gasteiger partial charge in [-0.25, -0.2) is 9.97 Å². The summed E-state index contributed by atoms with van der Waals surface area (Å²) in [6.07, 6.45) is 2.15. The summed E-state index contributed by atoms with van der Waals surface area (Å²) in [5.74, 6) is 2.26. The Labute approximate surface area is 223 Å². The zero-order valence-electron chi connectivity index (χ0n) is 20.7. The van der Waals surface area contributed by atoms with Gasteiger partial charge in [-0.15, -0.1) is 0 Å². The van der Waals surface area contributed by atoms with Gasteiger partial charge in [0.1, 0.15) is 11.5 Å². The number of nitrogens with zero attached hydrogens (tertiary/aromatic N) is 4. The minimum absolute atomic E-state index is 0.652. The SMILES string of the molecule is c1ccc(-n2ccc3c4c5ccccc5n(-c5nc6c7c(cccc7n5)Oc5ccccc5-6)c4ccc32)cc1. The fraction of sp³-hybridized carbons (Fsp3) is 0. The quantitative estimate of drug-likeness (QED) is 0.239. The van der Waals surface area contributed by atoms with Crippen LogP contribution in [0.5, 0.6) is 11.5 Å². The van der Waals surface area contributed by atoms with E-state index in [1.165, 1.54) is 21.7 Å². The van der Waals surface area contributed by atoms with E-state index in [0.717, 1.165) is 50.4 Å². The molecule has 0 atom stereocenters. The Bertz CT molecular complexity index is 2260. The lowest BCUT2D eigenvalue weighted by molar-refractivity contribution is 0.486. The predicted molar refractivity (Wildman–Crippen MR) is 156 cm³/mol. The monoisotopic (exact) mass is 500 g/mol. The Morgan fingerprint density at radius 2 is 1.31 bits per heavy atom. The number of ether oxygens (including phenoxy) is 1. The highest BCUT2D eigenvalue weighted by Gasteiger charge is 2.24. The average Bonchev–Trinajstić information content (AvgIpc) is 3.57. The minimum Gasteiger partial charge on any atom is -0.456 e. The molecule has 1 aliphatic heterocycles. The molecule has 5 heteroatoms. The molecule has 4 heterocycles. The average molecular weight is 501 g/mol. The van der Waals surface area contributed by atoms with Gasteiger partial charge in [0.2, 0.25) is 5.95 Å². The van der Waals surface area contributed by atoms with Crippen molar-refractivity contribution in [1.82, 2.24) is 19.1 Å². The van der Waals surface area contributed by atoms with E-state index in [2.05, 4.69) is 88.1 Å². The Morgan fingerprint density at radius 3 is 2.26 bits per heavy atom. The van der Waals surface area contributed by atoms with E-state index in [-0.39, 0.29) is 0 Å². The van der Waals surface area contributed by atoms with Crippen LogP contribution < -0.4 is 4.74 Å². The molecule has 9 rings (SSSR count). The summed E-state index contributed by atoms with van der Waals surface area (Å²) >= 11 is 0. The first-order chi connectivity index (χ1) is 19.3. The summed E-state index contributed by atoms with van der Waals surface area (Å²) in [7, 11) is 0. The molecule has 0 amide bonds. The van der Waals surface area contributed by atoms with Crippen LogP contribution >= 0.6 is 0 Å². The van der Waals surface area contributed by atoms with Gasteiger partial charge in [-0.2, -0.15) is 0 Å². The zero-order chi connectivity index (χ0) is 25.5. The Balaban J connectivity index is 1.38. The third-order valence-electron chi connectivity index (χ3n) is 7.78. The number of para-hydroxylation sites is 3. The summed E-state index contributed by atoms with van der Waals surface area (Å²) < 4.78 is 10.7. The van der Waals surface area contributed by atoms with Gasteiger partial charge >= 0.3 is 0 Å². The van der Waals surface area contributed by atoms with Crippen molar-refractivity contribution in [3.05, 3.63) is 121 Å². The first-order valence-electron chi connectivity index (χ1n) is 13.0. The Hall–Kier alpha value is -5.42. The highest BCUT2D eigenvalue weighted by atomic mass is 16.5. The van der Waals surface area contributed by atoms with Crippen LogP contribution in [-0.2, 0) is 0 Å². The van der Waals surface area contributed by atoms with Gasteiger partial charge in [0.25, 0.3) is 0 Å². The molecule has 8 aromatic rings. The first-order valence-corrected chi connectivity index (χ1v) is 13.0. The van der Waals surface area contributed by atoms with Crippen LogP contribution in [0.15, 0.2) is 121 Å². The van der Waals surface area contributed by atoms with Gasteiger partial charge in [-0.3, -0.25) is 4.57 Å². The molecule has 0 saturated heterocycles. The lowest BCUT2D eigenvalue weighted by Crippen LogP contribution is -2.06. The van der Waals surface area contributed by atoms with Crippen molar-refractivity contribution < 1.29 is 4.74 Å². The first kappa shape index (κ1) is 20.6. The molecule has 0 N–H and O–H groups in total. The highest BCUT2D eigenvalue weighted by molar-refractivity contribution is 6.21. The van der Waals surface area contributed by atoms with Gasteiger partial charge in [0.15, 0.2) is 0 Å². The number of hydrogen-bond donors (Lipinski definition) is 0. The van der Waals surface area contributed by atoms with Crippen LogP contribution in [0.4, 0.5) is 0 Å². The maximum atomic E-state index is 6.22. The summed E-state index contributed by atoms with van der Waals surface area (Å²) in [6.45, 7) is 0. The van der Waals surface area contributed by atoms with Crippen molar-refractivity contribution in [2.24, 2.45) is 0 Å². The van der Waals surface area contributed by atoms with Gasteiger partial charge in [-0.05, 0) is 60.7 Å². The van der Waals surface area contributed by atoms with E-state index in [1.807, 2.05) is 42.5 Å². The lowest BCUT2D eigenvalue weighted by Gasteiger charge is -2.20. The van der Waals surface area contributed by atoms with Crippen molar-refractivity contribution in [2.75, 3.05) is 0 Å². The van der Waals surface area contributed by atoms with Gasteiger partial charge in [-0.1, -0.05) is 54.6 Å². The zero-order valence-corrected chi connectivity index (χ0v) is 20.7. The van der Waals surface area contributed by atoms with Crippen LogP contribution in [0, 0.1) is 0 Å². The van der Waals surface area contributed by atoms with Crippen molar-refractivity contribution in [3.63, 3.8) is 0 Å². The smallest absolute Gasteiger partial charge is 0.235 e. The number of rotatable bonds is 2. The molecule has 182 valence electrons. The fourth-order valence-corrected chi connectivity index (χ4v) is 6.10. The lowest BCUT2D eigenvalue weighted by atomic mass is 10.0. The molecule has 0 aliphatic carbocycles. The molecule has 0 fully saturated rings. The second-order valence-electron chi connectivity index (χ2n) is 9.89. The molecular weight excluding hydrogens is 480 g/mol. The van der Waals surface area contributed by atoms with Crippen molar-refractivity contribution in [1.29, 1.82) is 0 Å². The second-order valence-corrected chi connectivity index (χ2v) is 9.89. The molecule has 0 spiro atoms. The minimum atomic E-state index is 0.652. The van der Waals surface area contributed by atoms with Crippen molar-refractivity contribution in [3.8, 4) is 34.4 Å². The highest BCUT2D eigenvalue weighted by Crippen LogP contribution is 2.45. The maximum Gasteiger partial charge on any atom is 0.235 e. The summed E-state index contributed by atoms with van der Waals surface area (Å²) in [5, 5.41) is 4.53. The van der Waals surface area contributed by atoms with Crippen LogP contribution in [0.3, 0.4) is 0 Å². The topological polar surface area (TPSA) is 44.9 Å². The molecule has 0 bridgehead atoms. The van der Waals surface area contributed by atoms with Crippen LogP contribution in [0.1, 0.15) is 0 Å². The van der Waals surface area contributed by atoms with Crippen LogP contribution in [0.25, 0.3) is 66.5 Å². The molecule has 5 nitrogen and oxygen atoms in total. The standard InChI is InChI=1S/C34H20N4O/c1-2-9-21(10-3-1)37-20-19-23-26(37)17-18-28-31(23)22-11-4-6-14-27(22)38(28)34-35-25-13-8-16-30-32(25)33(36-34)24-12-5-7-15-29(24)39-30/h1-20H. The normalized spacial score (nSPS) is 12.3. The van der Waals surface area contributed by atoms with Crippen molar-refractivity contribution in [2.45, 2.75) is 0 Å². The Kier molecular flexibility index (Phi) is 3.99. The van der Waals surface area contributed by atoms with E-state index in [4.69, 9.17) is 14.7 Å². The van der Waals surface area contributed by atoms with E-state index >= 15 is 0 Å². The maximum absolute atomic E-state index is 6.22. The molecular formula is C34H20N4O. The van der Waals surface area contributed by atoms with Crippen molar-refractivity contribution >= 4 is 43.6 Å². The van der Waals surface area contributed by atoms with E-state index in [9.17, 15) is 0 Å². The third kappa shape index (κ3) is 2.79. The summed E-state index contributed by atoms with van der Waals surface area (Å²) in [5.41, 5.74) is 7.21. The fourth-order valence-electron chi connectivity index (χ4n) is 6.10. The van der Waals surface area contributed by atoms with E-state index < -0.39 is 0 Å². The number of benzene rings is 5. The predicted octanol–water partition coefficient (Wildman–Crippen LogP) is 8.44. The molecule has 3 aromatic heterocycles. The number of fused-ring (bicyclic) bond motifs is 7. The van der Waals surface area contributed by atoms with Gasteiger partial charge in [0, 0.05) is 33.6 Å². The molecule has 0 radical (unpaired) electrons. The molecule has 0 saturated carbocycles.